The molecule has 0 spiro atoms. The predicted octanol–water partition coefficient (Wildman–Crippen LogP) is 2.50. The summed E-state index contributed by atoms with van der Waals surface area (Å²) in [4.78, 5) is 13.6. The van der Waals surface area contributed by atoms with Crippen LogP contribution in [0.4, 0.5) is 21.8 Å². The molecular formula is C20H22FN5O. The molecule has 0 bridgehead atoms. The largest absolute Gasteiger partial charge is 0.395 e. The lowest BCUT2D eigenvalue weighted by atomic mass is 10.2. The Morgan fingerprint density at radius 3 is 2.41 bits per heavy atom. The van der Waals surface area contributed by atoms with Crippen molar-refractivity contribution in [1.29, 1.82) is 0 Å². The second-order valence-electron chi connectivity index (χ2n) is 6.47. The van der Waals surface area contributed by atoms with Gasteiger partial charge in [-0.25, -0.2) is 9.37 Å². The summed E-state index contributed by atoms with van der Waals surface area (Å²) in [6.45, 7) is 3.31. The molecule has 1 aromatic heterocycles. The zero-order valence-electron chi connectivity index (χ0n) is 15.0. The van der Waals surface area contributed by atoms with E-state index in [4.69, 9.17) is 10.1 Å². The molecular weight excluding hydrogens is 345 g/mol. The van der Waals surface area contributed by atoms with Gasteiger partial charge in [-0.2, -0.15) is 4.98 Å². The maximum absolute atomic E-state index is 14.0. The number of halogens is 1. The summed E-state index contributed by atoms with van der Waals surface area (Å²) >= 11 is 0. The molecule has 7 heteroatoms. The Balaban J connectivity index is 1.56. The first-order valence-corrected chi connectivity index (χ1v) is 9.12. The second-order valence-corrected chi connectivity index (χ2v) is 6.47. The predicted molar refractivity (Wildman–Crippen MR) is 106 cm³/mol. The molecule has 0 unspecified atom stereocenters. The number of anilines is 3. The maximum atomic E-state index is 14.0. The molecule has 0 atom stereocenters. The molecule has 0 aliphatic carbocycles. The van der Waals surface area contributed by atoms with Gasteiger partial charge in [-0.1, -0.05) is 24.3 Å². The van der Waals surface area contributed by atoms with Gasteiger partial charge in [0.1, 0.15) is 11.6 Å². The van der Waals surface area contributed by atoms with Crippen molar-refractivity contribution in [2.75, 3.05) is 54.4 Å². The highest BCUT2D eigenvalue weighted by molar-refractivity contribution is 5.90. The molecule has 6 nitrogen and oxygen atoms in total. The SMILES string of the molecule is OCCNc1nc(N2CCN(c3ccccc3F)CC2)nc2ccccc12. The summed E-state index contributed by atoms with van der Waals surface area (Å²) in [5.41, 5.74) is 1.50. The molecule has 3 aromatic rings. The van der Waals surface area contributed by atoms with Crippen molar-refractivity contribution in [2.45, 2.75) is 0 Å². The van der Waals surface area contributed by atoms with E-state index in [0.717, 1.165) is 16.7 Å². The van der Waals surface area contributed by atoms with E-state index in [9.17, 15) is 4.39 Å². The van der Waals surface area contributed by atoms with Crippen LogP contribution in [0.5, 0.6) is 0 Å². The van der Waals surface area contributed by atoms with Gasteiger partial charge in [0, 0.05) is 38.1 Å². The first-order valence-electron chi connectivity index (χ1n) is 9.12. The number of fused-ring (bicyclic) bond motifs is 1. The van der Waals surface area contributed by atoms with Crippen molar-refractivity contribution in [3.63, 3.8) is 0 Å². The van der Waals surface area contributed by atoms with Gasteiger partial charge in [-0.3, -0.25) is 0 Å². The van der Waals surface area contributed by atoms with E-state index in [1.54, 1.807) is 6.07 Å². The average Bonchev–Trinajstić information content (AvgIpc) is 2.72. The van der Waals surface area contributed by atoms with Crippen LogP contribution in [0.2, 0.25) is 0 Å². The molecule has 2 N–H and O–H groups in total. The monoisotopic (exact) mass is 367 g/mol. The van der Waals surface area contributed by atoms with Crippen molar-refractivity contribution in [2.24, 2.45) is 0 Å². The number of aliphatic hydroxyl groups is 1. The summed E-state index contributed by atoms with van der Waals surface area (Å²) in [5.74, 6) is 1.19. The van der Waals surface area contributed by atoms with Crippen molar-refractivity contribution < 1.29 is 9.50 Å². The average molecular weight is 367 g/mol. The van der Waals surface area contributed by atoms with Gasteiger partial charge in [0.15, 0.2) is 0 Å². The number of rotatable bonds is 5. The van der Waals surface area contributed by atoms with Gasteiger partial charge in [-0.15, -0.1) is 0 Å². The third-order valence-electron chi connectivity index (χ3n) is 4.75. The second kappa shape index (κ2) is 7.75. The summed E-state index contributed by atoms with van der Waals surface area (Å²) in [7, 11) is 0. The Labute approximate surface area is 157 Å². The minimum atomic E-state index is -0.191. The van der Waals surface area contributed by atoms with Crippen LogP contribution in [0.25, 0.3) is 10.9 Å². The van der Waals surface area contributed by atoms with Crippen molar-refractivity contribution in [3.05, 3.63) is 54.3 Å². The standard InChI is InChI=1S/C20H22FN5O/c21-16-6-2-4-8-18(16)25-10-12-26(13-11-25)20-23-17-7-3-1-5-15(17)19(24-20)22-9-14-27/h1-8,27H,9-14H2,(H,22,23,24). The number of benzene rings is 2. The Morgan fingerprint density at radius 1 is 0.926 bits per heavy atom. The smallest absolute Gasteiger partial charge is 0.228 e. The topological polar surface area (TPSA) is 64.5 Å². The van der Waals surface area contributed by atoms with Crippen LogP contribution in [0.3, 0.4) is 0 Å². The van der Waals surface area contributed by atoms with Crippen molar-refractivity contribution >= 4 is 28.4 Å². The zero-order valence-corrected chi connectivity index (χ0v) is 15.0. The van der Waals surface area contributed by atoms with E-state index in [1.807, 2.05) is 36.4 Å². The van der Waals surface area contributed by atoms with Crippen molar-refractivity contribution in [1.82, 2.24) is 9.97 Å². The number of nitrogens with zero attached hydrogens (tertiary/aromatic N) is 4. The lowest BCUT2D eigenvalue weighted by Crippen LogP contribution is -2.47. The normalized spacial score (nSPS) is 14.6. The van der Waals surface area contributed by atoms with Crippen LogP contribution in [-0.2, 0) is 0 Å². The summed E-state index contributed by atoms with van der Waals surface area (Å²) in [6, 6.07) is 14.7. The van der Waals surface area contributed by atoms with Crippen LogP contribution in [0.1, 0.15) is 0 Å². The van der Waals surface area contributed by atoms with Gasteiger partial charge in [0.25, 0.3) is 0 Å². The van der Waals surface area contributed by atoms with Gasteiger partial charge in [0.05, 0.1) is 17.8 Å². The molecule has 2 aromatic carbocycles. The number of hydrogen-bond acceptors (Lipinski definition) is 6. The van der Waals surface area contributed by atoms with Gasteiger partial charge < -0.3 is 20.2 Å². The number of piperazine rings is 1. The van der Waals surface area contributed by atoms with E-state index in [-0.39, 0.29) is 12.4 Å². The first kappa shape index (κ1) is 17.5. The Morgan fingerprint density at radius 2 is 1.63 bits per heavy atom. The number of hydrogen-bond donors (Lipinski definition) is 2. The molecule has 140 valence electrons. The van der Waals surface area contributed by atoms with Gasteiger partial charge >= 0.3 is 0 Å². The molecule has 0 radical (unpaired) electrons. The quantitative estimate of drug-likeness (QED) is 0.722. The van der Waals surface area contributed by atoms with Crippen molar-refractivity contribution in [3.8, 4) is 0 Å². The fourth-order valence-corrected chi connectivity index (χ4v) is 3.37. The fraction of sp³-hybridized carbons (Fsp3) is 0.300. The molecule has 0 amide bonds. The highest BCUT2D eigenvalue weighted by Crippen LogP contribution is 2.25. The van der Waals surface area contributed by atoms with E-state index < -0.39 is 0 Å². The lowest BCUT2D eigenvalue weighted by Gasteiger charge is -2.36. The molecule has 4 rings (SSSR count). The van der Waals surface area contributed by atoms with Crippen LogP contribution in [-0.4, -0.2) is 54.4 Å². The number of para-hydroxylation sites is 2. The molecule has 2 heterocycles. The zero-order chi connectivity index (χ0) is 18.6. The van der Waals surface area contributed by atoms with E-state index in [0.29, 0.717) is 44.4 Å². The van der Waals surface area contributed by atoms with Crippen LogP contribution in [0.15, 0.2) is 48.5 Å². The third kappa shape index (κ3) is 3.64. The third-order valence-corrected chi connectivity index (χ3v) is 4.75. The number of aliphatic hydroxyl groups excluding tert-OH is 1. The maximum Gasteiger partial charge on any atom is 0.228 e. The number of aromatic nitrogens is 2. The molecule has 27 heavy (non-hydrogen) atoms. The minimum absolute atomic E-state index is 0.0367. The fourth-order valence-electron chi connectivity index (χ4n) is 3.37. The van der Waals surface area contributed by atoms with Crippen LogP contribution < -0.4 is 15.1 Å². The minimum Gasteiger partial charge on any atom is -0.395 e. The van der Waals surface area contributed by atoms with E-state index in [2.05, 4.69) is 20.1 Å². The van der Waals surface area contributed by atoms with Crippen LogP contribution in [0, 0.1) is 5.82 Å². The van der Waals surface area contributed by atoms with E-state index >= 15 is 0 Å². The van der Waals surface area contributed by atoms with Gasteiger partial charge in [0.2, 0.25) is 5.95 Å². The lowest BCUT2D eigenvalue weighted by molar-refractivity contribution is 0.311. The molecule has 0 saturated carbocycles. The van der Waals surface area contributed by atoms with E-state index in [1.165, 1.54) is 6.07 Å². The summed E-state index contributed by atoms with van der Waals surface area (Å²) in [6.07, 6.45) is 0. The Bertz CT molecular complexity index is 927. The number of nitrogens with one attached hydrogen (secondary N) is 1. The Hall–Kier alpha value is -2.93. The highest BCUT2D eigenvalue weighted by Gasteiger charge is 2.22. The van der Waals surface area contributed by atoms with Crippen LogP contribution >= 0.6 is 0 Å². The Kier molecular flexibility index (Phi) is 5.02. The summed E-state index contributed by atoms with van der Waals surface area (Å²) < 4.78 is 14.0. The summed E-state index contributed by atoms with van der Waals surface area (Å²) in [5, 5.41) is 13.2. The molecule has 1 fully saturated rings. The molecule has 1 aliphatic heterocycles. The highest BCUT2D eigenvalue weighted by atomic mass is 19.1. The molecule has 1 saturated heterocycles. The molecule has 1 aliphatic rings. The van der Waals surface area contributed by atoms with Gasteiger partial charge in [-0.05, 0) is 24.3 Å². The first-order chi connectivity index (χ1) is 13.3.